The molecule has 0 spiro atoms. The zero-order valence-corrected chi connectivity index (χ0v) is 20.6. The van der Waals surface area contributed by atoms with Crippen LogP contribution in [-0.4, -0.2) is 84.5 Å². The van der Waals surface area contributed by atoms with Gasteiger partial charge in [0, 0.05) is 44.0 Å². The maximum Gasteiger partial charge on any atom is 0.251 e. The molecule has 2 aliphatic heterocycles. The van der Waals surface area contributed by atoms with E-state index in [0.29, 0.717) is 28.4 Å². The highest BCUT2D eigenvalue weighted by atomic mass is 32.1. The number of aliphatic hydroxyl groups is 1. The molecule has 0 bridgehead atoms. The molecule has 0 unspecified atom stereocenters. The van der Waals surface area contributed by atoms with Gasteiger partial charge in [-0.25, -0.2) is 4.98 Å². The van der Waals surface area contributed by atoms with Crippen LogP contribution >= 0.6 is 11.3 Å². The first kappa shape index (κ1) is 23.5. The maximum absolute atomic E-state index is 12.8. The Balaban J connectivity index is 1.21. The molecule has 3 heterocycles. The van der Waals surface area contributed by atoms with E-state index >= 15 is 0 Å². The second kappa shape index (κ2) is 10.2. The van der Waals surface area contributed by atoms with Crippen molar-refractivity contribution in [1.82, 2.24) is 20.1 Å². The molecule has 2 aromatic carbocycles. The Bertz CT molecular complexity index is 1240. The third-order valence-electron chi connectivity index (χ3n) is 6.56. The van der Waals surface area contributed by atoms with Crippen molar-refractivity contribution in [1.29, 1.82) is 5.41 Å². The van der Waals surface area contributed by atoms with Gasteiger partial charge in [0.15, 0.2) is 0 Å². The van der Waals surface area contributed by atoms with Gasteiger partial charge in [-0.15, -0.1) is 11.3 Å². The molecule has 1 saturated heterocycles. The molecule has 182 valence electrons. The molecule has 35 heavy (non-hydrogen) atoms. The van der Waals surface area contributed by atoms with Crippen molar-refractivity contribution in [2.75, 3.05) is 57.8 Å². The van der Waals surface area contributed by atoms with Gasteiger partial charge in [0.1, 0.15) is 16.6 Å². The van der Waals surface area contributed by atoms with Gasteiger partial charge in [-0.3, -0.25) is 10.2 Å². The monoisotopic (exact) mass is 490 g/mol. The lowest BCUT2D eigenvalue weighted by atomic mass is 10.1. The topological polar surface area (TPSA) is 95.8 Å². The van der Waals surface area contributed by atoms with Crippen LogP contribution in [0.1, 0.15) is 21.8 Å². The van der Waals surface area contributed by atoms with Gasteiger partial charge in [0.25, 0.3) is 5.91 Å². The third kappa shape index (κ3) is 5.07. The molecule has 1 aromatic heterocycles. The van der Waals surface area contributed by atoms with Crippen LogP contribution in [0.25, 0.3) is 15.8 Å². The van der Waals surface area contributed by atoms with Crippen LogP contribution in [0.5, 0.6) is 0 Å². The average molecular weight is 491 g/mol. The van der Waals surface area contributed by atoms with Gasteiger partial charge in [-0.2, -0.15) is 0 Å². The van der Waals surface area contributed by atoms with Gasteiger partial charge >= 0.3 is 0 Å². The predicted molar refractivity (Wildman–Crippen MR) is 142 cm³/mol. The van der Waals surface area contributed by atoms with Crippen molar-refractivity contribution in [2.45, 2.75) is 6.42 Å². The number of fused-ring (bicyclic) bond motifs is 1. The van der Waals surface area contributed by atoms with Crippen LogP contribution in [0.3, 0.4) is 0 Å². The summed E-state index contributed by atoms with van der Waals surface area (Å²) in [5, 5.41) is 23.1. The lowest BCUT2D eigenvalue weighted by molar-refractivity contribution is 0.0949. The highest BCUT2D eigenvalue weighted by molar-refractivity contribution is 7.19. The fraction of sp³-hybridized carbons (Fsp3) is 0.346. The Morgan fingerprint density at radius 2 is 1.94 bits per heavy atom. The first-order chi connectivity index (χ1) is 17.0. The molecule has 8 nitrogen and oxygen atoms in total. The van der Waals surface area contributed by atoms with Crippen molar-refractivity contribution in [3.63, 3.8) is 0 Å². The molecular weight excluding hydrogens is 460 g/mol. The van der Waals surface area contributed by atoms with E-state index in [1.54, 1.807) is 17.0 Å². The molecule has 3 N–H and O–H groups in total. The Labute approximate surface area is 209 Å². The number of anilines is 1. The minimum atomic E-state index is -0.125. The van der Waals surface area contributed by atoms with E-state index < -0.39 is 0 Å². The van der Waals surface area contributed by atoms with E-state index in [2.05, 4.69) is 27.1 Å². The molecule has 0 atom stereocenters. The van der Waals surface area contributed by atoms with Crippen molar-refractivity contribution in [2.24, 2.45) is 0 Å². The van der Waals surface area contributed by atoms with Crippen LogP contribution in [0, 0.1) is 5.41 Å². The number of aliphatic hydroxyl groups excluding tert-OH is 1. The standard InChI is InChI=1S/C26H30N6O2S/c1-30-12-14-31(15-13-30)11-5-10-28-25(34)18-6-4-7-19(16-18)32-17-21(33)23(24(32)27)26-29-20-8-2-3-9-22(20)35-26/h2-4,6-9,16,27,33H,5,10-15,17H2,1H3,(H,28,34). The van der Waals surface area contributed by atoms with Gasteiger partial charge < -0.3 is 25.1 Å². The number of likely N-dealkylation sites (N-methyl/N-ethyl adjacent to an activating group) is 1. The number of carbonyl (C=O) groups excluding carboxylic acids is 1. The number of aromatic nitrogens is 1. The second-order valence-corrected chi connectivity index (χ2v) is 10.1. The van der Waals surface area contributed by atoms with Gasteiger partial charge in [0.2, 0.25) is 0 Å². The highest BCUT2D eigenvalue weighted by Gasteiger charge is 2.31. The number of rotatable bonds is 7. The van der Waals surface area contributed by atoms with Gasteiger partial charge in [0.05, 0.1) is 22.3 Å². The summed E-state index contributed by atoms with van der Waals surface area (Å²) in [4.78, 5) is 23.9. The third-order valence-corrected chi connectivity index (χ3v) is 7.62. The molecule has 0 aliphatic carbocycles. The van der Waals surface area contributed by atoms with E-state index in [9.17, 15) is 9.90 Å². The highest BCUT2D eigenvalue weighted by Crippen LogP contribution is 2.35. The minimum Gasteiger partial charge on any atom is -0.510 e. The molecule has 0 saturated carbocycles. The smallest absolute Gasteiger partial charge is 0.251 e. The average Bonchev–Trinajstić information content (AvgIpc) is 3.42. The van der Waals surface area contributed by atoms with E-state index in [0.717, 1.165) is 49.4 Å². The van der Waals surface area contributed by atoms with Gasteiger partial charge in [-0.05, 0) is 50.3 Å². The van der Waals surface area contributed by atoms with Crippen molar-refractivity contribution < 1.29 is 9.90 Å². The Morgan fingerprint density at radius 1 is 1.14 bits per heavy atom. The number of carbonyl (C=O) groups is 1. The Morgan fingerprint density at radius 3 is 2.74 bits per heavy atom. The number of amides is 1. The second-order valence-electron chi connectivity index (χ2n) is 9.05. The van der Waals surface area contributed by atoms with Crippen LogP contribution in [0.2, 0.25) is 0 Å². The zero-order chi connectivity index (χ0) is 24.4. The van der Waals surface area contributed by atoms with E-state index in [-0.39, 0.29) is 24.0 Å². The lowest BCUT2D eigenvalue weighted by Gasteiger charge is -2.32. The quantitative estimate of drug-likeness (QED) is 0.439. The first-order valence-electron chi connectivity index (χ1n) is 11.9. The summed E-state index contributed by atoms with van der Waals surface area (Å²) in [7, 11) is 2.15. The summed E-state index contributed by atoms with van der Waals surface area (Å²) < 4.78 is 1.01. The number of amidine groups is 1. The lowest BCUT2D eigenvalue weighted by Crippen LogP contribution is -2.45. The van der Waals surface area contributed by atoms with Crippen molar-refractivity contribution >= 4 is 44.6 Å². The van der Waals surface area contributed by atoms with Crippen LogP contribution in [0.4, 0.5) is 5.69 Å². The molecule has 3 aromatic rings. The number of para-hydroxylation sites is 1. The summed E-state index contributed by atoms with van der Waals surface area (Å²) in [5.74, 6) is 0.179. The van der Waals surface area contributed by atoms with E-state index in [1.807, 2.05) is 36.4 Å². The van der Waals surface area contributed by atoms with Crippen LogP contribution in [0.15, 0.2) is 54.3 Å². The van der Waals surface area contributed by atoms with E-state index in [1.165, 1.54) is 11.3 Å². The number of nitrogens with zero attached hydrogens (tertiary/aromatic N) is 4. The number of benzene rings is 2. The van der Waals surface area contributed by atoms with Crippen molar-refractivity contribution in [3.05, 3.63) is 64.9 Å². The summed E-state index contributed by atoms with van der Waals surface area (Å²) in [6.45, 7) is 6.13. The van der Waals surface area contributed by atoms with Crippen molar-refractivity contribution in [3.8, 4) is 0 Å². The number of thiazole rings is 1. The summed E-state index contributed by atoms with van der Waals surface area (Å²) in [6, 6.07) is 15.0. The van der Waals surface area contributed by atoms with Crippen LogP contribution < -0.4 is 10.2 Å². The SMILES string of the molecule is CN1CCN(CCCNC(=O)c2cccc(N3CC(O)=C(c4nc5ccccc5s4)C3=N)c2)CC1. The molecule has 5 rings (SSSR count). The Kier molecular flexibility index (Phi) is 6.81. The number of nitrogens with one attached hydrogen (secondary N) is 2. The fourth-order valence-electron chi connectivity index (χ4n) is 4.50. The predicted octanol–water partition coefficient (Wildman–Crippen LogP) is 3.43. The first-order valence-corrected chi connectivity index (χ1v) is 12.7. The Hall–Kier alpha value is -3.27. The fourth-order valence-corrected chi connectivity index (χ4v) is 5.53. The summed E-state index contributed by atoms with van der Waals surface area (Å²) in [6.07, 6.45) is 0.912. The maximum atomic E-state index is 12.8. The molecule has 1 fully saturated rings. The summed E-state index contributed by atoms with van der Waals surface area (Å²) in [5.41, 5.74) is 2.54. The molecular formula is C26H30N6O2S. The normalized spacial score (nSPS) is 17.5. The molecule has 9 heteroatoms. The van der Waals surface area contributed by atoms with E-state index in [4.69, 9.17) is 5.41 Å². The molecule has 0 radical (unpaired) electrons. The van der Waals surface area contributed by atoms with Gasteiger partial charge in [-0.1, -0.05) is 18.2 Å². The molecule has 2 aliphatic rings. The number of piperazine rings is 1. The largest absolute Gasteiger partial charge is 0.510 e. The number of hydrogen-bond donors (Lipinski definition) is 3. The summed E-state index contributed by atoms with van der Waals surface area (Å²) >= 11 is 1.46. The molecule has 1 amide bonds. The minimum absolute atomic E-state index is 0.118. The van der Waals surface area contributed by atoms with Crippen LogP contribution in [-0.2, 0) is 0 Å². The zero-order valence-electron chi connectivity index (χ0n) is 19.8. The number of hydrogen-bond acceptors (Lipinski definition) is 7.